The van der Waals surface area contributed by atoms with E-state index in [4.69, 9.17) is 14.2 Å². The van der Waals surface area contributed by atoms with Crippen LogP contribution in [0.3, 0.4) is 0 Å². The lowest BCUT2D eigenvalue weighted by molar-refractivity contribution is -0.167. The summed E-state index contributed by atoms with van der Waals surface area (Å²) in [6, 6.07) is 0. The molecule has 0 aromatic heterocycles. The quantitative estimate of drug-likeness (QED) is 0.0261. The highest BCUT2D eigenvalue weighted by Gasteiger charge is 2.19. The van der Waals surface area contributed by atoms with Gasteiger partial charge in [0.2, 0.25) is 0 Å². The molecule has 0 aliphatic heterocycles. The molecule has 0 saturated carbocycles. The summed E-state index contributed by atoms with van der Waals surface area (Å²) in [6.07, 6.45) is 96.4. The van der Waals surface area contributed by atoms with E-state index in [0.29, 0.717) is 19.3 Å². The monoisotopic (exact) mass is 1140 g/mol. The predicted molar refractivity (Wildman–Crippen MR) is 357 cm³/mol. The molecule has 468 valence electrons. The Balaban J connectivity index is 4.41. The zero-order chi connectivity index (χ0) is 59.2. The molecule has 6 heteroatoms. The van der Waals surface area contributed by atoms with Gasteiger partial charge in [-0.2, -0.15) is 0 Å². The molecular weight excluding hydrogens is 1010 g/mol. The van der Waals surface area contributed by atoms with Crippen LogP contribution in [0.2, 0.25) is 0 Å². The number of ether oxygens (including phenoxy) is 3. The van der Waals surface area contributed by atoms with Crippen LogP contribution in [0, 0.1) is 0 Å². The van der Waals surface area contributed by atoms with Crippen molar-refractivity contribution in [3.05, 3.63) is 122 Å². The molecule has 0 fully saturated rings. The molecule has 0 bridgehead atoms. The number of unbranched alkanes of at least 4 members (excludes halogenated alkanes) is 31. The summed E-state index contributed by atoms with van der Waals surface area (Å²) in [7, 11) is 0. The topological polar surface area (TPSA) is 78.9 Å². The Hall–Kier alpha value is -4.19. The van der Waals surface area contributed by atoms with E-state index >= 15 is 0 Å². The molecule has 0 aliphatic rings. The first-order valence-corrected chi connectivity index (χ1v) is 34.5. The van der Waals surface area contributed by atoms with Gasteiger partial charge >= 0.3 is 17.9 Å². The first kappa shape index (κ1) is 77.8. The molecule has 0 rings (SSSR count). The molecule has 0 heterocycles. The highest BCUT2D eigenvalue weighted by atomic mass is 16.6. The number of allylic oxidation sites excluding steroid dienone is 20. The van der Waals surface area contributed by atoms with Crippen molar-refractivity contribution in [2.75, 3.05) is 13.2 Å². The third kappa shape index (κ3) is 66.6. The number of hydrogen-bond donors (Lipinski definition) is 0. The van der Waals surface area contributed by atoms with E-state index in [9.17, 15) is 14.4 Å². The second-order valence-corrected chi connectivity index (χ2v) is 22.7. The number of rotatable bonds is 62. The van der Waals surface area contributed by atoms with Gasteiger partial charge in [-0.25, -0.2) is 0 Å². The molecule has 6 nitrogen and oxygen atoms in total. The van der Waals surface area contributed by atoms with Crippen molar-refractivity contribution in [1.29, 1.82) is 0 Å². The van der Waals surface area contributed by atoms with Crippen LogP contribution < -0.4 is 0 Å². The summed E-state index contributed by atoms with van der Waals surface area (Å²) in [5.41, 5.74) is 0. The van der Waals surface area contributed by atoms with Crippen LogP contribution >= 0.6 is 0 Å². The van der Waals surface area contributed by atoms with Crippen LogP contribution in [0.1, 0.15) is 323 Å². The summed E-state index contributed by atoms with van der Waals surface area (Å²) in [5.74, 6) is -0.905. The van der Waals surface area contributed by atoms with Gasteiger partial charge in [-0.3, -0.25) is 14.4 Å². The van der Waals surface area contributed by atoms with E-state index in [0.717, 1.165) is 148 Å². The Kier molecular flexibility index (Phi) is 65.8. The predicted octanol–water partition coefficient (Wildman–Crippen LogP) is 23.9. The fourth-order valence-corrected chi connectivity index (χ4v) is 9.62. The van der Waals surface area contributed by atoms with Gasteiger partial charge < -0.3 is 14.2 Å². The van der Waals surface area contributed by atoms with Crippen molar-refractivity contribution >= 4 is 17.9 Å². The Labute approximate surface area is 507 Å². The van der Waals surface area contributed by atoms with Crippen molar-refractivity contribution in [2.45, 2.75) is 329 Å². The Morgan fingerprint density at radius 1 is 0.256 bits per heavy atom. The maximum Gasteiger partial charge on any atom is 0.306 e. The van der Waals surface area contributed by atoms with Gasteiger partial charge in [0.25, 0.3) is 0 Å². The fourth-order valence-electron chi connectivity index (χ4n) is 9.62. The lowest BCUT2D eigenvalue weighted by Crippen LogP contribution is -2.30. The molecular formula is C76H128O6. The van der Waals surface area contributed by atoms with Gasteiger partial charge in [0.05, 0.1) is 0 Å². The third-order valence-electron chi connectivity index (χ3n) is 14.7. The minimum atomic E-state index is -0.794. The summed E-state index contributed by atoms with van der Waals surface area (Å²) in [6.45, 7) is 6.43. The van der Waals surface area contributed by atoms with Crippen molar-refractivity contribution in [2.24, 2.45) is 0 Å². The SMILES string of the molecule is CC/C=C\C/C=C\C/C=C\C/C=C\C/C=C\C/C=C\C/C=C\CCCCCCCC(=O)OCC(COC(=O)CCCCCCCCC/C=C\C/C=C\C/C=C\CC)OC(=O)CCCCCCCCCCCCCCCCCCCCCC. The van der Waals surface area contributed by atoms with Crippen LogP contribution in [-0.2, 0) is 28.6 Å². The molecule has 0 amide bonds. The second-order valence-electron chi connectivity index (χ2n) is 22.7. The number of carbonyl (C=O) groups is 3. The first-order chi connectivity index (χ1) is 40.5. The van der Waals surface area contributed by atoms with Crippen LogP contribution in [0.4, 0.5) is 0 Å². The zero-order valence-corrected chi connectivity index (χ0v) is 53.7. The average Bonchev–Trinajstić information content (AvgIpc) is 3.47. The molecule has 0 spiro atoms. The van der Waals surface area contributed by atoms with Gasteiger partial charge in [0, 0.05) is 19.3 Å². The van der Waals surface area contributed by atoms with E-state index in [1.165, 1.54) is 135 Å². The molecule has 1 atom stereocenters. The van der Waals surface area contributed by atoms with E-state index in [2.05, 4.69) is 142 Å². The Bertz CT molecular complexity index is 1690. The normalized spacial score (nSPS) is 12.9. The van der Waals surface area contributed by atoms with Gasteiger partial charge in [-0.15, -0.1) is 0 Å². The lowest BCUT2D eigenvalue weighted by Gasteiger charge is -2.18. The Morgan fingerprint density at radius 2 is 0.476 bits per heavy atom. The van der Waals surface area contributed by atoms with Gasteiger partial charge in [0.15, 0.2) is 6.10 Å². The van der Waals surface area contributed by atoms with Crippen LogP contribution in [0.5, 0.6) is 0 Å². The van der Waals surface area contributed by atoms with Crippen LogP contribution in [0.15, 0.2) is 122 Å². The highest BCUT2D eigenvalue weighted by molar-refractivity contribution is 5.71. The minimum absolute atomic E-state index is 0.0893. The average molecular weight is 1140 g/mol. The summed E-state index contributed by atoms with van der Waals surface area (Å²) < 4.78 is 17.0. The summed E-state index contributed by atoms with van der Waals surface area (Å²) >= 11 is 0. The summed E-state index contributed by atoms with van der Waals surface area (Å²) in [5, 5.41) is 0. The van der Waals surface area contributed by atoms with E-state index in [-0.39, 0.29) is 31.1 Å². The fraction of sp³-hybridized carbons (Fsp3) is 0.697. The van der Waals surface area contributed by atoms with Crippen molar-refractivity contribution in [1.82, 2.24) is 0 Å². The second kappa shape index (κ2) is 69.3. The van der Waals surface area contributed by atoms with Crippen molar-refractivity contribution in [3.8, 4) is 0 Å². The molecule has 0 radical (unpaired) electrons. The number of hydrogen-bond acceptors (Lipinski definition) is 6. The molecule has 1 unspecified atom stereocenters. The smallest absolute Gasteiger partial charge is 0.306 e. The first-order valence-electron chi connectivity index (χ1n) is 34.5. The van der Waals surface area contributed by atoms with Gasteiger partial charge in [0.1, 0.15) is 13.2 Å². The standard InChI is InChI=1S/C76H128O6/c1-4-7-10-13-16-19-22-25-28-31-33-35-36-37-38-39-40-41-43-45-48-51-54-57-60-63-66-69-75(78)81-72-73(71-80-74(77)68-65-62-59-56-53-50-47-44-30-27-24-21-18-15-12-9-6-3)82-76(79)70-67-64-61-58-55-52-49-46-42-34-32-29-26-23-20-17-14-11-8-5-2/h7,9-10,12,16,18-19,21,25,27-28,30,33,35,37-38,40-41,45,48,73H,4-6,8,11,13-15,17,20,22-24,26,29,31-32,34,36,39,42-44,46-47,49-72H2,1-3H3/b10-7-,12-9-,19-16-,21-18-,28-25-,30-27-,35-33-,38-37-,41-40-,48-45-. The number of esters is 3. The van der Waals surface area contributed by atoms with Gasteiger partial charge in [-0.05, 0) is 109 Å². The molecule has 0 aromatic rings. The maximum absolute atomic E-state index is 13.0. The third-order valence-corrected chi connectivity index (χ3v) is 14.7. The maximum atomic E-state index is 13.0. The largest absolute Gasteiger partial charge is 0.462 e. The van der Waals surface area contributed by atoms with E-state index in [1.54, 1.807) is 0 Å². The van der Waals surface area contributed by atoms with Crippen LogP contribution in [-0.4, -0.2) is 37.2 Å². The molecule has 0 aliphatic carbocycles. The Morgan fingerprint density at radius 3 is 0.744 bits per heavy atom. The van der Waals surface area contributed by atoms with Crippen LogP contribution in [0.25, 0.3) is 0 Å². The lowest BCUT2D eigenvalue weighted by atomic mass is 10.0. The van der Waals surface area contributed by atoms with Crippen molar-refractivity contribution in [3.63, 3.8) is 0 Å². The van der Waals surface area contributed by atoms with Crippen molar-refractivity contribution < 1.29 is 28.6 Å². The molecule has 0 N–H and O–H groups in total. The van der Waals surface area contributed by atoms with Gasteiger partial charge in [-0.1, -0.05) is 316 Å². The molecule has 82 heavy (non-hydrogen) atoms. The van der Waals surface area contributed by atoms with E-state index in [1.807, 2.05) is 0 Å². The molecule has 0 aromatic carbocycles. The summed E-state index contributed by atoms with van der Waals surface area (Å²) in [4.78, 5) is 38.5. The zero-order valence-electron chi connectivity index (χ0n) is 53.7. The molecule has 0 saturated heterocycles. The minimum Gasteiger partial charge on any atom is -0.462 e. The van der Waals surface area contributed by atoms with E-state index < -0.39 is 6.10 Å². The number of carbonyl (C=O) groups excluding carboxylic acids is 3. The highest BCUT2D eigenvalue weighted by Crippen LogP contribution is 2.17.